The van der Waals surface area contributed by atoms with Crippen LogP contribution in [0.25, 0.3) is 11.0 Å². The Morgan fingerprint density at radius 2 is 2.25 bits per heavy atom. The van der Waals surface area contributed by atoms with Crippen molar-refractivity contribution in [1.82, 2.24) is 5.32 Å². The van der Waals surface area contributed by atoms with Crippen molar-refractivity contribution in [3.8, 4) is 0 Å². The van der Waals surface area contributed by atoms with Gasteiger partial charge < -0.3 is 9.73 Å². The fraction of sp³-hybridized carbons (Fsp3) is 0.385. The molecular formula is C13H16ClNO. The zero-order chi connectivity index (χ0) is 11.4. The fourth-order valence-electron chi connectivity index (χ4n) is 1.88. The van der Waals surface area contributed by atoms with Gasteiger partial charge >= 0.3 is 0 Å². The Kier molecular flexibility index (Phi) is 3.86. The largest absolute Gasteiger partial charge is 0.464 e. The van der Waals surface area contributed by atoms with Gasteiger partial charge in [0.15, 0.2) is 0 Å². The third-order valence-corrected chi connectivity index (χ3v) is 3.05. The summed E-state index contributed by atoms with van der Waals surface area (Å²) >= 11 is 5.91. The molecule has 1 atom stereocenters. The molecule has 0 aliphatic carbocycles. The van der Waals surface area contributed by atoms with E-state index in [1.165, 1.54) is 5.56 Å². The number of rotatable bonds is 5. The summed E-state index contributed by atoms with van der Waals surface area (Å²) in [6.07, 6.45) is 2.66. The highest BCUT2D eigenvalue weighted by Crippen LogP contribution is 2.18. The fourth-order valence-corrected chi connectivity index (χ4v) is 2.10. The zero-order valence-electron chi connectivity index (χ0n) is 9.37. The van der Waals surface area contributed by atoms with E-state index in [4.69, 9.17) is 16.0 Å². The van der Waals surface area contributed by atoms with Crippen LogP contribution < -0.4 is 5.32 Å². The molecule has 86 valence electrons. The number of furan rings is 1. The summed E-state index contributed by atoms with van der Waals surface area (Å²) < 4.78 is 5.38. The van der Waals surface area contributed by atoms with Crippen LogP contribution >= 0.6 is 11.6 Å². The number of benzene rings is 1. The highest BCUT2D eigenvalue weighted by atomic mass is 35.5. The van der Waals surface area contributed by atoms with Crippen molar-refractivity contribution < 1.29 is 4.42 Å². The Hall–Kier alpha value is -0.990. The molecule has 1 aromatic heterocycles. The van der Waals surface area contributed by atoms with Crippen LogP contribution in [0.2, 0.25) is 0 Å². The Bertz CT molecular complexity index is 452. The van der Waals surface area contributed by atoms with Crippen molar-refractivity contribution in [1.29, 1.82) is 0 Å². The van der Waals surface area contributed by atoms with Crippen molar-refractivity contribution in [2.24, 2.45) is 0 Å². The van der Waals surface area contributed by atoms with Gasteiger partial charge in [-0.1, -0.05) is 19.1 Å². The third-order valence-electron chi connectivity index (χ3n) is 2.68. The predicted octanol–water partition coefficient (Wildman–Crippen LogP) is 3.19. The Balaban J connectivity index is 2.13. The molecule has 0 saturated heterocycles. The lowest BCUT2D eigenvalue weighted by atomic mass is 10.1. The summed E-state index contributed by atoms with van der Waals surface area (Å²) in [5, 5.41) is 4.51. The summed E-state index contributed by atoms with van der Waals surface area (Å²) in [6.45, 7) is 3.04. The van der Waals surface area contributed by atoms with Crippen LogP contribution in [0.1, 0.15) is 12.5 Å². The van der Waals surface area contributed by atoms with E-state index < -0.39 is 0 Å². The second-order valence-electron chi connectivity index (χ2n) is 3.91. The molecule has 1 heterocycles. The molecule has 0 radical (unpaired) electrons. The number of hydrogen-bond acceptors (Lipinski definition) is 2. The molecule has 0 aliphatic heterocycles. The first-order chi connectivity index (χ1) is 7.83. The molecule has 1 unspecified atom stereocenters. The molecule has 0 aliphatic rings. The summed E-state index contributed by atoms with van der Waals surface area (Å²) in [6, 6.07) is 8.62. The molecule has 3 heteroatoms. The van der Waals surface area contributed by atoms with Gasteiger partial charge in [0.2, 0.25) is 0 Å². The lowest BCUT2D eigenvalue weighted by molar-refractivity contribution is 0.569. The minimum atomic E-state index is 0.332. The number of fused-ring (bicyclic) bond motifs is 1. The van der Waals surface area contributed by atoms with Crippen molar-refractivity contribution in [3.05, 3.63) is 36.1 Å². The zero-order valence-corrected chi connectivity index (χ0v) is 10.1. The van der Waals surface area contributed by atoms with Crippen LogP contribution in [0.15, 0.2) is 34.9 Å². The van der Waals surface area contributed by atoms with Gasteiger partial charge in [0, 0.05) is 17.3 Å². The average Bonchev–Trinajstić information content (AvgIpc) is 2.75. The summed E-state index contributed by atoms with van der Waals surface area (Å²) in [4.78, 5) is 0. The van der Waals surface area contributed by atoms with Gasteiger partial charge in [0.1, 0.15) is 5.58 Å². The number of likely N-dealkylation sites (N-methyl/N-ethyl adjacent to an activating group) is 1. The van der Waals surface area contributed by atoms with Crippen molar-refractivity contribution in [2.75, 3.05) is 12.4 Å². The van der Waals surface area contributed by atoms with Crippen molar-refractivity contribution >= 4 is 22.6 Å². The summed E-state index contributed by atoms with van der Waals surface area (Å²) in [5.74, 6) is 0.629. The average molecular weight is 238 g/mol. The second-order valence-corrected chi connectivity index (χ2v) is 4.21. The third kappa shape index (κ3) is 2.57. The molecule has 2 rings (SSSR count). The molecule has 0 bridgehead atoms. The molecule has 0 spiro atoms. The van der Waals surface area contributed by atoms with Crippen molar-refractivity contribution in [3.63, 3.8) is 0 Å². The van der Waals surface area contributed by atoms with E-state index >= 15 is 0 Å². The molecule has 0 saturated carbocycles. The Labute approximate surface area is 101 Å². The van der Waals surface area contributed by atoms with Gasteiger partial charge in [-0.2, -0.15) is 0 Å². The Morgan fingerprint density at radius 1 is 1.38 bits per heavy atom. The van der Waals surface area contributed by atoms with Crippen LogP contribution in [0.4, 0.5) is 0 Å². The molecule has 0 amide bonds. The second kappa shape index (κ2) is 5.37. The first-order valence-electron chi connectivity index (χ1n) is 5.59. The smallest absolute Gasteiger partial charge is 0.134 e. The maximum Gasteiger partial charge on any atom is 0.134 e. The molecule has 2 nitrogen and oxygen atoms in total. The lowest BCUT2D eigenvalue weighted by Crippen LogP contribution is -2.32. The quantitative estimate of drug-likeness (QED) is 0.808. The normalized spacial score (nSPS) is 13.1. The number of halogens is 1. The van der Waals surface area contributed by atoms with E-state index in [9.17, 15) is 0 Å². The summed E-state index contributed by atoms with van der Waals surface area (Å²) in [5.41, 5.74) is 2.20. The van der Waals surface area contributed by atoms with E-state index in [1.54, 1.807) is 6.26 Å². The van der Waals surface area contributed by atoms with Gasteiger partial charge in [-0.3, -0.25) is 0 Å². The number of hydrogen-bond donors (Lipinski definition) is 1. The van der Waals surface area contributed by atoms with Crippen LogP contribution in [-0.4, -0.2) is 18.5 Å². The predicted molar refractivity (Wildman–Crippen MR) is 68.1 cm³/mol. The molecule has 1 aromatic carbocycles. The van der Waals surface area contributed by atoms with E-state index in [-0.39, 0.29) is 0 Å². The van der Waals surface area contributed by atoms with Gasteiger partial charge in [-0.15, -0.1) is 11.6 Å². The van der Waals surface area contributed by atoms with Crippen LogP contribution in [0, 0.1) is 0 Å². The number of nitrogens with one attached hydrogen (secondary N) is 1. The minimum Gasteiger partial charge on any atom is -0.464 e. The minimum absolute atomic E-state index is 0.332. The van der Waals surface area contributed by atoms with Crippen molar-refractivity contribution in [2.45, 2.75) is 19.4 Å². The van der Waals surface area contributed by atoms with E-state index in [0.717, 1.165) is 23.9 Å². The standard InChI is InChI=1S/C13H16ClNO/c1-2-15-12(9-14)7-10-3-4-11-5-6-16-13(11)8-10/h3-6,8,12,15H,2,7,9H2,1H3. The topological polar surface area (TPSA) is 25.2 Å². The van der Waals surface area contributed by atoms with Gasteiger partial charge in [0.05, 0.1) is 6.26 Å². The number of alkyl halides is 1. The maximum absolute atomic E-state index is 5.91. The first kappa shape index (κ1) is 11.5. The summed E-state index contributed by atoms with van der Waals surface area (Å²) in [7, 11) is 0. The maximum atomic E-state index is 5.91. The SMILES string of the molecule is CCNC(CCl)Cc1ccc2ccoc2c1. The molecule has 2 aromatic rings. The van der Waals surface area contributed by atoms with E-state index in [2.05, 4.69) is 30.4 Å². The molecular weight excluding hydrogens is 222 g/mol. The molecule has 1 N–H and O–H groups in total. The van der Waals surface area contributed by atoms with Crippen LogP contribution in [-0.2, 0) is 6.42 Å². The molecule has 16 heavy (non-hydrogen) atoms. The van der Waals surface area contributed by atoms with Gasteiger partial charge in [0.25, 0.3) is 0 Å². The van der Waals surface area contributed by atoms with Gasteiger partial charge in [-0.05, 0) is 30.7 Å². The first-order valence-corrected chi connectivity index (χ1v) is 6.12. The van der Waals surface area contributed by atoms with Crippen LogP contribution in [0.5, 0.6) is 0 Å². The molecule has 0 fully saturated rings. The van der Waals surface area contributed by atoms with Crippen LogP contribution in [0.3, 0.4) is 0 Å². The monoisotopic (exact) mass is 237 g/mol. The highest BCUT2D eigenvalue weighted by molar-refractivity contribution is 6.18. The van der Waals surface area contributed by atoms with E-state index in [1.807, 2.05) is 6.07 Å². The van der Waals surface area contributed by atoms with Gasteiger partial charge in [-0.25, -0.2) is 0 Å². The lowest BCUT2D eigenvalue weighted by Gasteiger charge is -2.14. The van der Waals surface area contributed by atoms with E-state index in [0.29, 0.717) is 11.9 Å². The Morgan fingerprint density at radius 3 is 3.00 bits per heavy atom. The highest BCUT2D eigenvalue weighted by Gasteiger charge is 2.07.